The third-order valence-corrected chi connectivity index (χ3v) is 4.42. The average Bonchev–Trinajstić information content (AvgIpc) is 2.40. The van der Waals surface area contributed by atoms with E-state index in [1.165, 1.54) is 12.1 Å². The molecule has 0 aliphatic carbocycles. The van der Waals surface area contributed by atoms with Crippen molar-refractivity contribution in [1.82, 2.24) is 0 Å². The Morgan fingerprint density at radius 2 is 1.81 bits per heavy atom. The Hall–Kier alpha value is -1.58. The molecule has 5 heteroatoms. The van der Waals surface area contributed by atoms with Crippen molar-refractivity contribution in [2.24, 2.45) is 0 Å². The van der Waals surface area contributed by atoms with E-state index in [1.807, 2.05) is 23.1 Å². The van der Waals surface area contributed by atoms with Crippen LogP contribution in [0.25, 0.3) is 0 Å². The molecule has 1 fully saturated rings. The van der Waals surface area contributed by atoms with E-state index in [1.54, 1.807) is 6.07 Å². The molecule has 0 N–H and O–H groups in total. The van der Waals surface area contributed by atoms with Crippen molar-refractivity contribution in [1.29, 1.82) is 0 Å². The molecule has 0 aromatic heterocycles. The molecule has 108 valence electrons. The van der Waals surface area contributed by atoms with Crippen LogP contribution in [0.5, 0.6) is 0 Å². The number of halogens is 3. The standard InChI is InChI=1S/C16H12Cl2FNO/c17-13-2-1-3-14(18)16(13)11-7-20(8-11)12-5-4-10(9-21)15(19)6-12/h1-6,9,11H,7-8H2. The average molecular weight is 324 g/mol. The highest BCUT2D eigenvalue weighted by Crippen LogP contribution is 2.38. The summed E-state index contributed by atoms with van der Waals surface area (Å²) in [6, 6.07) is 10.1. The van der Waals surface area contributed by atoms with E-state index in [2.05, 4.69) is 0 Å². The van der Waals surface area contributed by atoms with Crippen LogP contribution in [0, 0.1) is 5.82 Å². The van der Waals surface area contributed by atoms with Crippen molar-refractivity contribution in [3.8, 4) is 0 Å². The molecule has 2 aromatic rings. The Morgan fingerprint density at radius 1 is 1.14 bits per heavy atom. The van der Waals surface area contributed by atoms with E-state index < -0.39 is 5.82 Å². The van der Waals surface area contributed by atoms with Crippen LogP contribution in [0.3, 0.4) is 0 Å². The monoisotopic (exact) mass is 323 g/mol. The number of rotatable bonds is 3. The number of hydrogen-bond acceptors (Lipinski definition) is 2. The lowest BCUT2D eigenvalue weighted by atomic mass is 9.90. The van der Waals surface area contributed by atoms with Crippen LogP contribution in [0.4, 0.5) is 10.1 Å². The molecule has 0 atom stereocenters. The first kappa shape index (κ1) is 14.4. The van der Waals surface area contributed by atoms with Gasteiger partial charge in [0.05, 0.1) is 5.56 Å². The maximum Gasteiger partial charge on any atom is 0.152 e. The smallest absolute Gasteiger partial charge is 0.152 e. The summed E-state index contributed by atoms with van der Waals surface area (Å²) in [4.78, 5) is 12.7. The summed E-state index contributed by atoms with van der Waals surface area (Å²) in [6.45, 7) is 1.45. The maximum absolute atomic E-state index is 13.6. The fourth-order valence-corrected chi connectivity index (χ4v) is 3.29. The molecule has 0 amide bonds. The van der Waals surface area contributed by atoms with Crippen molar-refractivity contribution in [2.45, 2.75) is 5.92 Å². The quantitative estimate of drug-likeness (QED) is 0.772. The highest BCUT2D eigenvalue weighted by atomic mass is 35.5. The van der Waals surface area contributed by atoms with Gasteiger partial charge in [-0.1, -0.05) is 29.3 Å². The van der Waals surface area contributed by atoms with Crippen LogP contribution in [0.15, 0.2) is 36.4 Å². The summed E-state index contributed by atoms with van der Waals surface area (Å²) in [7, 11) is 0. The number of anilines is 1. The van der Waals surface area contributed by atoms with Crippen LogP contribution >= 0.6 is 23.2 Å². The first-order chi connectivity index (χ1) is 10.1. The van der Waals surface area contributed by atoms with Crippen LogP contribution < -0.4 is 4.90 Å². The van der Waals surface area contributed by atoms with Gasteiger partial charge < -0.3 is 4.90 Å². The minimum atomic E-state index is -0.498. The number of aldehydes is 1. The van der Waals surface area contributed by atoms with Gasteiger partial charge in [-0.05, 0) is 35.9 Å². The Balaban J connectivity index is 1.76. The summed E-state index contributed by atoms with van der Waals surface area (Å²) in [5.74, 6) is -0.262. The number of hydrogen-bond donors (Lipinski definition) is 0. The van der Waals surface area contributed by atoms with Gasteiger partial charge in [-0.15, -0.1) is 0 Å². The van der Waals surface area contributed by atoms with E-state index in [0.717, 1.165) is 24.3 Å². The van der Waals surface area contributed by atoms with Gasteiger partial charge in [-0.3, -0.25) is 4.79 Å². The molecule has 1 aliphatic heterocycles. The predicted octanol–water partition coefficient (Wildman–Crippen LogP) is 4.55. The van der Waals surface area contributed by atoms with E-state index in [0.29, 0.717) is 16.3 Å². The molecule has 0 unspecified atom stereocenters. The number of carbonyl (C=O) groups excluding carboxylic acids is 1. The predicted molar refractivity (Wildman–Crippen MR) is 83.2 cm³/mol. The normalized spacial score (nSPS) is 14.9. The van der Waals surface area contributed by atoms with Crippen LogP contribution in [0.1, 0.15) is 21.8 Å². The topological polar surface area (TPSA) is 20.3 Å². The SMILES string of the molecule is O=Cc1ccc(N2CC(c3c(Cl)cccc3Cl)C2)cc1F. The van der Waals surface area contributed by atoms with E-state index >= 15 is 0 Å². The third-order valence-electron chi connectivity index (χ3n) is 3.77. The zero-order valence-corrected chi connectivity index (χ0v) is 12.5. The number of carbonyl (C=O) groups is 1. The van der Waals surface area contributed by atoms with Crippen molar-refractivity contribution in [3.63, 3.8) is 0 Å². The van der Waals surface area contributed by atoms with Crippen molar-refractivity contribution < 1.29 is 9.18 Å². The lowest BCUT2D eigenvalue weighted by molar-refractivity contribution is 0.112. The zero-order chi connectivity index (χ0) is 15.0. The minimum absolute atomic E-state index is 0.0740. The minimum Gasteiger partial charge on any atom is -0.370 e. The van der Waals surface area contributed by atoms with Crippen molar-refractivity contribution in [2.75, 3.05) is 18.0 Å². The maximum atomic E-state index is 13.6. The summed E-state index contributed by atoms with van der Waals surface area (Å²) < 4.78 is 13.6. The number of nitrogens with zero attached hydrogens (tertiary/aromatic N) is 1. The van der Waals surface area contributed by atoms with Gasteiger partial charge in [0.2, 0.25) is 0 Å². The summed E-state index contributed by atoms with van der Waals surface area (Å²) in [6.07, 6.45) is 0.515. The van der Waals surface area contributed by atoms with Crippen LogP contribution in [-0.2, 0) is 0 Å². The highest BCUT2D eigenvalue weighted by molar-refractivity contribution is 6.36. The lowest BCUT2D eigenvalue weighted by Crippen LogP contribution is -2.45. The van der Waals surface area contributed by atoms with E-state index in [9.17, 15) is 9.18 Å². The lowest BCUT2D eigenvalue weighted by Gasteiger charge is -2.42. The molecular weight excluding hydrogens is 312 g/mol. The molecule has 0 bridgehead atoms. The Kier molecular flexibility index (Phi) is 3.87. The molecule has 1 aliphatic rings. The first-order valence-electron chi connectivity index (χ1n) is 6.53. The Bertz CT molecular complexity index is 678. The van der Waals surface area contributed by atoms with Gasteiger partial charge in [-0.2, -0.15) is 0 Å². The fourth-order valence-electron chi connectivity index (χ4n) is 2.58. The van der Waals surface area contributed by atoms with Gasteiger partial charge in [-0.25, -0.2) is 4.39 Å². The fraction of sp³-hybridized carbons (Fsp3) is 0.188. The second-order valence-corrected chi connectivity index (χ2v) is 5.88. The van der Waals surface area contributed by atoms with Gasteiger partial charge in [0.1, 0.15) is 5.82 Å². The van der Waals surface area contributed by atoms with Gasteiger partial charge in [0, 0.05) is 34.7 Å². The molecule has 0 spiro atoms. The molecule has 0 radical (unpaired) electrons. The van der Waals surface area contributed by atoms with Crippen LogP contribution in [-0.4, -0.2) is 19.4 Å². The second kappa shape index (κ2) is 5.66. The summed E-state index contributed by atoms with van der Waals surface area (Å²) in [5.41, 5.74) is 1.78. The Labute approximate surface area is 132 Å². The van der Waals surface area contributed by atoms with E-state index in [4.69, 9.17) is 23.2 Å². The van der Waals surface area contributed by atoms with Gasteiger partial charge in [0.15, 0.2) is 6.29 Å². The molecule has 3 rings (SSSR count). The third kappa shape index (κ3) is 2.63. The molecule has 0 saturated carbocycles. The largest absolute Gasteiger partial charge is 0.370 e. The Morgan fingerprint density at radius 3 is 2.38 bits per heavy atom. The summed E-state index contributed by atoms with van der Waals surface area (Å²) in [5, 5.41) is 1.32. The van der Waals surface area contributed by atoms with Crippen molar-refractivity contribution >= 4 is 35.2 Å². The molecule has 1 saturated heterocycles. The molecular formula is C16H12Cl2FNO. The first-order valence-corrected chi connectivity index (χ1v) is 7.29. The van der Waals surface area contributed by atoms with Crippen molar-refractivity contribution in [3.05, 3.63) is 63.4 Å². The number of benzene rings is 2. The molecule has 2 nitrogen and oxygen atoms in total. The van der Waals surface area contributed by atoms with E-state index in [-0.39, 0.29) is 11.5 Å². The second-order valence-electron chi connectivity index (χ2n) is 5.06. The van der Waals surface area contributed by atoms with Gasteiger partial charge >= 0.3 is 0 Å². The zero-order valence-electron chi connectivity index (χ0n) is 11.0. The summed E-state index contributed by atoms with van der Waals surface area (Å²) >= 11 is 12.4. The van der Waals surface area contributed by atoms with Gasteiger partial charge in [0.25, 0.3) is 0 Å². The molecule has 1 heterocycles. The molecule has 2 aromatic carbocycles. The van der Waals surface area contributed by atoms with Crippen LogP contribution in [0.2, 0.25) is 10.0 Å². The highest BCUT2D eigenvalue weighted by Gasteiger charge is 2.31. The molecule has 21 heavy (non-hydrogen) atoms.